The lowest BCUT2D eigenvalue weighted by atomic mass is 10.1. The van der Waals surface area contributed by atoms with Crippen LogP contribution in [-0.2, 0) is 35.0 Å². The zero-order valence-electron chi connectivity index (χ0n) is 21.7. The second-order valence-electron chi connectivity index (χ2n) is 8.14. The number of hydrogen-bond donors (Lipinski definition) is 1. The number of nitrogens with two attached hydrogens (primary N) is 1. The van der Waals surface area contributed by atoms with E-state index < -0.39 is 36.5 Å². The largest absolute Gasteiger partial charge is 0.513 e. The van der Waals surface area contributed by atoms with Gasteiger partial charge in [0.15, 0.2) is 11.5 Å². The molecule has 1 unspecified atom stereocenters. The molecular weight excluding hydrogens is 474 g/mol. The van der Waals surface area contributed by atoms with Crippen LogP contribution in [0.4, 0.5) is 9.59 Å². The van der Waals surface area contributed by atoms with Gasteiger partial charge in [-0.2, -0.15) is 0 Å². The molecule has 1 aromatic rings. The average molecular weight is 512 g/mol. The maximum Gasteiger partial charge on any atom is 0.513 e. The summed E-state index contributed by atoms with van der Waals surface area (Å²) in [5, 5.41) is 0. The molecular formula is C25H37NO10. The van der Waals surface area contributed by atoms with Gasteiger partial charge < -0.3 is 34.2 Å². The second-order valence-corrected chi connectivity index (χ2v) is 8.14. The van der Waals surface area contributed by atoms with Crippen LogP contribution >= 0.6 is 0 Å². The molecule has 0 spiro atoms. The fourth-order valence-corrected chi connectivity index (χ4v) is 2.97. The minimum Gasteiger partial charge on any atom is -0.459 e. The van der Waals surface area contributed by atoms with E-state index >= 15 is 0 Å². The molecule has 0 aliphatic carbocycles. The van der Waals surface area contributed by atoms with Crippen molar-refractivity contribution in [2.75, 3.05) is 13.2 Å². The molecule has 11 nitrogen and oxygen atoms in total. The summed E-state index contributed by atoms with van der Waals surface area (Å²) in [4.78, 5) is 48.2. The Hall–Kier alpha value is -3.34. The van der Waals surface area contributed by atoms with E-state index in [-0.39, 0.29) is 43.0 Å². The Morgan fingerprint density at radius 1 is 0.806 bits per heavy atom. The summed E-state index contributed by atoms with van der Waals surface area (Å²) in [6, 6.07) is 3.24. The molecule has 1 rings (SSSR count). The molecule has 0 heterocycles. The van der Waals surface area contributed by atoms with Gasteiger partial charge in [-0.15, -0.1) is 0 Å². The maximum atomic E-state index is 12.5. The number of ether oxygens (including phenoxy) is 6. The topological polar surface area (TPSA) is 150 Å². The normalized spacial score (nSPS) is 14.0. The molecule has 0 saturated heterocycles. The van der Waals surface area contributed by atoms with Gasteiger partial charge in [0, 0.05) is 0 Å². The Labute approximate surface area is 211 Å². The van der Waals surface area contributed by atoms with Crippen LogP contribution in [0.15, 0.2) is 18.2 Å². The molecule has 11 heteroatoms. The lowest BCUT2D eigenvalue weighted by Gasteiger charge is -2.23. The van der Waals surface area contributed by atoms with Gasteiger partial charge in [0.25, 0.3) is 0 Å². The fourth-order valence-electron chi connectivity index (χ4n) is 2.97. The van der Waals surface area contributed by atoms with E-state index in [0.717, 1.165) is 6.42 Å². The standard InChI is InChI=1S/C25H37NO10/c1-7-10-15(4)22(27)33-16(5)17(6)34-23(28)19(26)13-18-11-12-20(35-24(29)31-8-2)21(14-18)36-25(30)32-9-3/h11-12,14-17,19H,7-10,13,26H2,1-6H3/t15?,16-,17-,19-/m0/s1. The first-order chi connectivity index (χ1) is 17.0. The van der Waals surface area contributed by atoms with Crippen molar-refractivity contribution in [3.8, 4) is 11.5 Å². The zero-order chi connectivity index (χ0) is 27.3. The van der Waals surface area contributed by atoms with Crippen LogP contribution in [0.25, 0.3) is 0 Å². The molecule has 0 aliphatic heterocycles. The number of rotatable bonds is 13. The highest BCUT2D eigenvalue weighted by Gasteiger charge is 2.26. The van der Waals surface area contributed by atoms with Crippen molar-refractivity contribution < 1.29 is 47.6 Å². The summed E-state index contributed by atoms with van der Waals surface area (Å²) in [5.74, 6) is -1.50. The van der Waals surface area contributed by atoms with E-state index in [1.165, 1.54) is 12.1 Å². The van der Waals surface area contributed by atoms with Crippen molar-refractivity contribution in [1.82, 2.24) is 0 Å². The lowest BCUT2D eigenvalue weighted by Crippen LogP contribution is -2.40. The fraction of sp³-hybridized carbons (Fsp3) is 0.600. The molecule has 1 aromatic carbocycles. The van der Waals surface area contributed by atoms with E-state index in [1.54, 1.807) is 40.7 Å². The number of hydrogen-bond acceptors (Lipinski definition) is 11. The maximum absolute atomic E-state index is 12.5. The molecule has 4 atom stereocenters. The van der Waals surface area contributed by atoms with E-state index in [4.69, 9.17) is 34.2 Å². The Kier molecular flexibility index (Phi) is 13.3. The van der Waals surface area contributed by atoms with Crippen LogP contribution in [-0.4, -0.2) is 55.7 Å². The number of benzene rings is 1. The molecule has 0 bridgehead atoms. The Morgan fingerprint density at radius 2 is 1.33 bits per heavy atom. The molecule has 36 heavy (non-hydrogen) atoms. The molecule has 202 valence electrons. The van der Waals surface area contributed by atoms with Crippen LogP contribution in [0.2, 0.25) is 0 Å². The van der Waals surface area contributed by atoms with Crippen molar-refractivity contribution in [2.24, 2.45) is 11.7 Å². The predicted octanol–water partition coefficient (Wildman–Crippen LogP) is 3.93. The third-order valence-electron chi connectivity index (χ3n) is 5.07. The summed E-state index contributed by atoms with van der Waals surface area (Å²) in [7, 11) is 0. The van der Waals surface area contributed by atoms with Gasteiger partial charge in [-0.3, -0.25) is 9.59 Å². The number of esters is 2. The van der Waals surface area contributed by atoms with Gasteiger partial charge in [-0.1, -0.05) is 26.3 Å². The first kappa shape index (κ1) is 30.7. The van der Waals surface area contributed by atoms with Crippen LogP contribution in [0, 0.1) is 5.92 Å². The highest BCUT2D eigenvalue weighted by molar-refractivity contribution is 5.76. The first-order valence-electron chi connectivity index (χ1n) is 12.0. The molecule has 0 fully saturated rings. The Bertz CT molecular complexity index is 888. The summed E-state index contributed by atoms with van der Waals surface area (Å²) >= 11 is 0. The van der Waals surface area contributed by atoms with Crippen LogP contribution in [0.5, 0.6) is 11.5 Å². The zero-order valence-corrected chi connectivity index (χ0v) is 21.7. The van der Waals surface area contributed by atoms with Gasteiger partial charge in [-0.25, -0.2) is 9.59 Å². The van der Waals surface area contributed by atoms with Crippen LogP contribution < -0.4 is 15.2 Å². The SMILES string of the molecule is CCCC(C)C(=O)O[C@@H](C)[C@H](C)OC(=O)[C@@H](N)Cc1ccc(OC(=O)OCC)c(OC(=O)OCC)c1. The summed E-state index contributed by atoms with van der Waals surface area (Å²) in [6.45, 7) is 10.4. The third-order valence-corrected chi connectivity index (χ3v) is 5.07. The summed E-state index contributed by atoms with van der Waals surface area (Å²) < 4.78 is 30.5. The van der Waals surface area contributed by atoms with Crippen molar-refractivity contribution in [3.63, 3.8) is 0 Å². The molecule has 0 amide bonds. The van der Waals surface area contributed by atoms with Crippen molar-refractivity contribution in [1.29, 1.82) is 0 Å². The quantitative estimate of drug-likeness (QED) is 0.233. The van der Waals surface area contributed by atoms with Gasteiger partial charge >= 0.3 is 24.2 Å². The van der Waals surface area contributed by atoms with Gasteiger partial charge in [-0.05, 0) is 58.2 Å². The number of carbonyl (C=O) groups excluding carboxylic acids is 4. The second kappa shape index (κ2) is 15.6. The van der Waals surface area contributed by atoms with Gasteiger partial charge in [0.1, 0.15) is 18.2 Å². The summed E-state index contributed by atoms with van der Waals surface area (Å²) in [5.41, 5.74) is 6.52. The van der Waals surface area contributed by atoms with Crippen molar-refractivity contribution in [2.45, 2.75) is 79.1 Å². The predicted molar refractivity (Wildman–Crippen MR) is 129 cm³/mol. The van der Waals surface area contributed by atoms with E-state index in [9.17, 15) is 19.2 Å². The highest BCUT2D eigenvalue weighted by Crippen LogP contribution is 2.30. The third kappa shape index (κ3) is 10.5. The minimum atomic E-state index is -1.07. The first-order valence-corrected chi connectivity index (χ1v) is 12.0. The van der Waals surface area contributed by atoms with Crippen LogP contribution in [0.1, 0.15) is 59.9 Å². The Balaban J connectivity index is 2.85. The van der Waals surface area contributed by atoms with Crippen molar-refractivity contribution >= 4 is 24.2 Å². The highest BCUT2D eigenvalue weighted by atomic mass is 16.7. The molecule has 0 aliphatic rings. The monoisotopic (exact) mass is 511 g/mol. The van der Waals surface area contributed by atoms with Crippen molar-refractivity contribution in [3.05, 3.63) is 23.8 Å². The Morgan fingerprint density at radius 3 is 1.86 bits per heavy atom. The lowest BCUT2D eigenvalue weighted by molar-refractivity contribution is -0.168. The van der Waals surface area contributed by atoms with Gasteiger partial charge in [0.05, 0.1) is 19.1 Å². The molecule has 2 N–H and O–H groups in total. The van der Waals surface area contributed by atoms with E-state index in [2.05, 4.69) is 0 Å². The molecule has 0 radical (unpaired) electrons. The van der Waals surface area contributed by atoms with Crippen LogP contribution in [0.3, 0.4) is 0 Å². The molecule has 0 aromatic heterocycles. The number of carbonyl (C=O) groups is 4. The minimum absolute atomic E-state index is 0.0200. The van der Waals surface area contributed by atoms with E-state index in [0.29, 0.717) is 12.0 Å². The summed E-state index contributed by atoms with van der Waals surface area (Å²) in [6.07, 6.45) is -1.78. The molecule has 0 saturated carbocycles. The smallest absolute Gasteiger partial charge is 0.459 e. The average Bonchev–Trinajstić information content (AvgIpc) is 2.80. The van der Waals surface area contributed by atoms with E-state index in [1.807, 2.05) is 6.92 Å². The van der Waals surface area contributed by atoms with Gasteiger partial charge in [0.2, 0.25) is 0 Å².